The van der Waals surface area contributed by atoms with E-state index in [1.807, 2.05) is 6.92 Å². The summed E-state index contributed by atoms with van der Waals surface area (Å²) < 4.78 is 20.8. The molecule has 4 nitrogen and oxygen atoms in total. The van der Waals surface area contributed by atoms with Gasteiger partial charge in [0, 0.05) is 18.4 Å². The Morgan fingerprint density at radius 3 is 1.93 bits per heavy atom. The van der Waals surface area contributed by atoms with Gasteiger partial charge in [-0.1, -0.05) is 94.4 Å². The fourth-order valence-corrected chi connectivity index (χ4v) is 9.43. The molecule has 3 atom stereocenters. The van der Waals surface area contributed by atoms with E-state index in [2.05, 4.69) is 88.8 Å². The molecule has 0 aromatic heterocycles. The summed E-state index contributed by atoms with van der Waals surface area (Å²) in [6, 6.07) is 0. The van der Waals surface area contributed by atoms with E-state index in [0.29, 0.717) is 36.9 Å². The maximum atomic E-state index is 13.3. The molecule has 1 fully saturated rings. The highest BCUT2D eigenvalue weighted by atomic mass is 16.5. The predicted octanol–water partition coefficient (Wildman–Crippen LogP) is 11.6. The lowest BCUT2D eigenvalue weighted by Gasteiger charge is -2.56. The van der Waals surface area contributed by atoms with Crippen LogP contribution < -0.4 is 0 Å². The molecule has 0 saturated heterocycles. The van der Waals surface area contributed by atoms with E-state index < -0.39 is 5.60 Å². The van der Waals surface area contributed by atoms with Crippen LogP contribution in [0.3, 0.4) is 0 Å². The van der Waals surface area contributed by atoms with Crippen LogP contribution in [0.4, 0.5) is 0 Å². The maximum absolute atomic E-state index is 13.3. The van der Waals surface area contributed by atoms with Crippen molar-refractivity contribution in [3.8, 4) is 0 Å². The Labute approximate surface area is 279 Å². The molecule has 0 N–H and O–H groups in total. The summed E-state index contributed by atoms with van der Waals surface area (Å²) in [6.07, 6.45) is 16.0. The second kappa shape index (κ2) is 16.9. The first-order chi connectivity index (χ1) is 21.2. The quantitative estimate of drug-likeness (QED) is 0.0786. The molecule has 3 aliphatic rings. The Kier molecular flexibility index (Phi) is 15.1. The van der Waals surface area contributed by atoms with Gasteiger partial charge in [-0.3, -0.25) is 4.79 Å². The fourth-order valence-electron chi connectivity index (χ4n) is 9.43. The second-order valence-corrected chi connectivity index (χ2v) is 15.2. The monoisotopic (exact) mass is 631 g/mol. The molecule has 0 aromatic carbocycles. The van der Waals surface area contributed by atoms with E-state index in [9.17, 15) is 4.79 Å². The third kappa shape index (κ3) is 8.19. The van der Waals surface area contributed by atoms with Crippen molar-refractivity contribution in [2.75, 3.05) is 13.2 Å². The zero-order valence-corrected chi connectivity index (χ0v) is 32.0. The first kappa shape index (κ1) is 40.2. The zero-order valence-electron chi connectivity index (χ0n) is 32.0. The molecule has 262 valence electrons. The number of Topliss-reactive ketones (excluding diaryl/α,β-unsaturated/α-hetero) is 1. The van der Waals surface area contributed by atoms with Crippen molar-refractivity contribution in [2.45, 2.75) is 196 Å². The van der Waals surface area contributed by atoms with Crippen molar-refractivity contribution >= 4 is 5.78 Å². The highest BCUT2D eigenvalue weighted by Crippen LogP contribution is 2.59. The highest BCUT2D eigenvalue weighted by Gasteiger charge is 2.51. The van der Waals surface area contributed by atoms with E-state index in [1.165, 1.54) is 12.8 Å². The van der Waals surface area contributed by atoms with Crippen LogP contribution in [-0.2, 0) is 19.0 Å². The highest BCUT2D eigenvalue weighted by molar-refractivity contribution is 6.01. The maximum Gasteiger partial charge on any atom is 0.189 e. The van der Waals surface area contributed by atoms with Crippen LogP contribution in [0.25, 0.3) is 0 Å². The van der Waals surface area contributed by atoms with Gasteiger partial charge in [0.2, 0.25) is 0 Å². The molecular formula is C41H74O4. The summed E-state index contributed by atoms with van der Waals surface area (Å²) in [5, 5.41) is 0. The summed E-state index contributed by atoms with van der Waals surface area (Å²) >= 11 is 0. The predicted molar refractivity (Wildman–Crippen MR) is 192 cm³/mol. The first-order valence-electron chi connectivity index (χ1n) is 19.1. The number of carbonyl (C=O) groups excluding carboxylic acids is 1. The van der Waals surface area contributed by atoms with Gasteiger partial charge in [-0.2, -0.15) is 0 Å². The zero-order chi connectivity index (χ0) is 34.1. The molecule has 0 amide bonds. The van der Waals surface area contributed by atoms with E-state index in [-0.39, 0.29) is 28.5 Å². The van der Waals surface area contributed by atoms with Crippen molar-refractivity contribution in [1.82, 2.24) is 0 Å². The molecule has 0 radical (unpaired) electrons. The van der Waals surface area contributed by atoms with Gasteiger partial charge in [-0.25, -0.2) is 0 Å². The van der Waals surface area contributed by atoms with Crippen molar-refractivity contribution < 1.29 is 19.0 Å². The molecule has 0 heterocycles. The van der Waals surface area contributed by atoms with Crippen LogP contribution in [0.5, 0.6) is 0 Å². The largest absolute Gasteiger partial charge is 0.375 e. The molecule has 1 saturated carbocycles. The van der Waals surface area contributed by atoms with Gasteiger partial charge in [-0.05, 0) is 113 Å². The summed E-state index contributed by atoms with van der Waals surface area (Å²) in [5.41, 5.74) is 1.49. The Morgan fingerprint density at radius 2 is 1.49 bits per heavy atom. The van der Waals surface area contributed by atoms with Gasteiger partial charge < -0.3 is 14.2 Å². The van der Waals surface area contributed by atoms with Crippen LogP contribution in [0.1, 0.15) is 173 Å². The van der Waals surface area contributed by atoms with Gasteiger partial charge in [0.15, 0.2) is 5.78 Å². The molecule has 0 aliphatic heterocycles. The van der Waals surface area contributed by atoms with Gasteiger partial charge >= 0.3 is 0 Å². The Hall–Kier alpha value is -0.970. The molecule has 3 unspecified atom stereocenters. The lowest BCUT2D eigenvalue weighted by atomic mass is 9.48. The number of ketones is 1. The molecule has 3 rings (SSSR count). The normalized spacial score (nSPS) is 20.8. The van der Waals surface area contributed by atoms with Crippen LogP contribution in [0.2, 0.25) is 0 Å². The minimum atomic E-state index is -0.779. The molecule has 2 bridgehead atoms. The third-order valence-electron chi connectivity index (χ3n) is 13.5. The fraction of sp³-hybridized carbons (Fsp3) is 0.878. The number of fused-ring (bicyclic) bond motifs is 1. The summed E-state index contributed by atoms with van der Waals surface area (Å²) in [6.45, 7) is 32.5. The molecule has 4 heteroatoms. The SMILES string of the molecule is C=C(CC)C(=O)C(CC)(CC)OCCC(CC)(CC)C(CC)(CC)OC(C)CC(CC)(CC)OCCC1=CCC2CC1C2(C)C. The van der Waals surface area contributed by atoms with Crippen LogP contribution >= 0.6 is 0 Å². The van der Waals surface area contributed by atoms with E-state index >= 15 is 0 Å². The van der Waals surface area contributed by atoms with Crippen molar-refractivity contribution in [1.29, 1.82) is 0 Å². The van der Waals surface area contributed by atoms with Gasteiger partial charge in [-0.15, -0.1) is 0 Å². The average Bonchev–Trinajstić information content (AvgIpc) is 3.06. The summed E-state index contributed by atoms with van der Waals surface area (Å²) in [5.74, 6) is 1.70. The van der Waals surface area contributed by atoms with Gasteiger partial charge in [0.05, 0.1) is 23.9 Å². The topological polar surface area (TPSA) is 44.8 Å². The van der Waals surface area contributed by atoms with Crippen LogP contribution in [0.15, 0.2) is 23.8 Å². The van der Waals surface area contributed by atoms with E-state index in [4.69, 9.17) is 14.2 Å². The van der Waals surface area contributed by atoms with E-state index in [0.717, 1.165) is 76.2 Å². The van der Waals surface area contributed by atoms with Crippen molar-refractivity contribution in [3.05, 3.63) is 23.8 Å². The first-order valence-corrected chi connectivity index (χ1v) is 19.1. The molecule has 3 aliphatic carbocycles. The average molecular weight is 631 g/mol. The van der Waals surface area contributed by atoms with Gasteiger partial charge in [0.1, 0.15) is 5.60 Å². The number of ether oxygens (including phenoxy) is 3. The van der Waals surface area contributed by atoms with E-state index in [1.54, 1.807) is 5.57 Å². The lowest BCUT2D eigenvalue weighted by Crippen LogP contribution is -2.53. The molecule has 0 spiro atoms. The van der Waals surface area contributed by atoms with Gasteiger partial charge in [0.25, 0.3) is 0 Å². The third-order valence-corrected chi connectivity index (χ3v) is 13.5. The van der Waals surface area contributed by atoms with Crippen LogP contribution in [-0.4, -0.2) is 41.9 Å². The molecule has 0 aromatic rings. The molecule has 45 heavy (non-hydrogen) atoms. The molecular weight excluding hydrogens is 556 g/mol. The number of allylic oxidation sites excluding steroid dienone is 1. The number of carbonyl (C=O) groups is 1. The Morgan fingerprint density at radius 1 is 0.889 bits per heavy atom. The van der Waals surface area contributed by atoms with Crippen molar-refractivity contribution in [2.24, 2.45) is 22.7 Å². The second-order valence-electron chi connectivity index (χ2n) is 15.2. The minimum Gasteiger partial charge on any atom is -0.375 e. The Balaban J connectivity index is 2.17. The summed E-state index contributed by atoms with van der Waals surface area (Å²) in [4.78, 5) is 13.3. The summed E-state index contributed by atoms with van der Waals surface area (Å²) in [7, 11) is 0. The standard InChI is InChI=1S/C41H74O4/c1-14-31(10)36(42)40(19-6,20-7)44-28-26-38(15-2,16-3)41(21-8,22-9)45-32(11)30-39(17-4,18-5)43-27-25-33-23-24-34-29-35(33)37(34,12)13/h23,32,34-35H,10,14-22,24-30H2,1-9,11-13H3. The number of hydrogen-bond donors (Lipinski definition) is 0. The van der Waals surface area contributed by atoms with Crippen molar-refractivity contribution in [3.63, 3.8) is 0 Å². The van der Waals surface area contributed by atoms with Crippen LogP contribution in [0, 0.1) is 22.7 Å². The minimum absolute atomic E-state index is 0.0500. The number of hydrogen-bond acceptors (Lipinski definition) is 4. The number of rotatable bonds is 24. The Bertz CT molecular complexity index is 958. The smallest absolute Gasteiger partial charge is 0.189 e. The lowest BCUT2D eigenvalue weighted by molar-refractivity contribution is -0.198.